The van der Waals surface area contributed by atoms with E-state index in [1.54, 1.807) is 20.7 Å². The molecule has 0 N–H and O–H groups in total. The molecule has 0 bridgehead atoms. The second-order valence-corrected chi connectivity index (χ2v) is 6.97. The van der Waals surface area contributed by atoms with Crippen molar-refractivity contribution < 1.29 is 14.0 Å². The minimum Gasteiger partial charge on any atom is -0.339 e. The third kappa shape index (κ3) is 2.02. The second-order valence-electron chi connectivity index (χ2n) is 6.97. The normalized spacial score (nSPS) is 29.6. The van der Waals surface area contributed by atoms with E-state index in [1.165, 1.54) is 0 Å². The van der Waals surface area contributed by atoms with Gasteiger partial charge in [-0.2, -0.15) is 5.10 Å². The molecule has 3 fully saturated rings. The number of anilines is 1. The molecule has 4 rings (SSSR count). The Hall–Kier alpha value is -1.92. The van der Waals surface area contributed by atoms with Gasteiger partial charge in [-0.25, -0.2) is 4.39 Å². The van der Waals surface area contributed by atoms with Crippen LogP contribution in [-0.2, 0) is 16.6 Å². The van der Waals surface area contributed by atoms with E-state index in [2.05, 4.69) is 5.10 Å². The Bertz CT molecular complexity index is 654. The lowest BCUT2D eigenvalue weighted by atomic mass is 9.86. The zero-order valence-corrected chi connectivity index (χ0v) is 12.6. The van der Waals surface area contributed by atoms with Crippen LogP contribution in [-0.4, -0.2) is 51.8 Å². The SMILES string of the molecule is Cn1cc(N2CC3(CCN(C(=O)C4(F)CC4)C3)CC2=O)cn1. The number of hydrogen-bond acceptors (Lipinski definition) is 3. The van der Waals surface area contributed by atoms with Gasteiger partial charge in [0.1, 0.15) is 0 Å². The lowest BCUT2D eigenvalue weighted by Crippen LogP contribution is -2.39. The molecule has 3 aliphatic rings. The summed E-state index contributed by atoms with van der Waals surface area (Å²) in [5, 5.41) is 4.10. The summed E-state index contributed by atoms with van der Waals surface area (Å²) in [5.74, 6) is -0.319. The molecule has 118 valence electrons. The zero-order valence-electron chi connectivity index (χ0n) is 12.6. The van der Waals surface area contributed by atoms with Crippen LogP contribution in [0.2, 0.25) is 0 Å². The van der Waals surface area contributed by atoms with Crippen molar-refractivity contribution in [2.24, 2.45) is 12.5 Å². The van der Waals surface area contributed by atoms with Gasteiger partial charge < -0.3 is 9.80 Å². The summed E-state index contributed by atoms with van der Waals surface area (Å²) in [6.07, 6.45) is 5.36. The van der Waals surface area contributed by atoms with Crippen molar-refractivity contribution >= 4 is 17.5 Å². The Morgan fingerprint density at radius 2 is 2.09 bits per heavy atom. The Morgan fingerprint density at radius 3 is 2.73 bits per heavy atom. The maximum absolute atomic E-state index is 14.0. The molecule has 22 heavy (non-hydrogen) atoms. The highest BCUT2D eigenvalue weighted by atomic mass is 19.1. The molecule has 0 radical (unpaired) electrons. The van der Waals surface area contributed by atoms with Gasteiger partial charge in [0.25, 0.3) is 5.91 Å². The van der Waals surface area contributed by atoms with Crippen LogP contribution in [0.5, 0.6) is 0 Å². The number of rotatable bonds is 2. The molecule has 3 heterocycles. The van der Waals surface area contributed by atoms with E-state index in [0.29, 0.717) is 38.9 Å². The van der Waals surface area contributed by atoms with Crippen molar-refractivity contribution in [2.75, 3.05) is 24.5 Å². The second kappa shape index (κ2) is 4.30. The molecule has 0 aromatic carbocycles. The van der Waals surface area contributed by atoms with E-state index in [4.69, 9.17) is 0 Å². The minimum absolute atomic E-state index is 0.0590. The summed E-state index contributed by atoms with van der Waals surface area (Å²) >= 11 is 0. The molecule has 1 aromatic rings. The van der Waals surface area contributed by atoms with Gasteiger partial charge in [-0.1, -0.05) is 0 Å². The monoisotopic (exact) mass is 306 g/mol. The van der Waals surface area contributed by atoms with Crippen LogP contribution in [0.1, 0.15) is 25.7 Å². The van der Waals surface area contributed by atoms with Crippen LogP contribution in [0.3, 0.4) is 0 Å². The van der Waals surface area contributed by atoms with Crippen LogP contribution < -0.4 is 4.90 Å². The van der Waals surface area contributed by atoms with Crippen LogP contribution in [0.4, 0.5) is 10.1 Å². The molecular formula is C15H19FN4O2. The molecule has 1 saturated carbocycles. The highest BCUT2D eigenvalue weighted by Gasteiger charge is 2.56. The minimum atomic E-state index is -1.61. The molecule has 2 saturated heterocycles. The van der Waals surface area contributed by atoms with Crippen molar-refractivity contribution in [3.63, 3.8) is 0 Å². The Kier molecular flexibility index (Phi) is 2.68. The Morgan fingerprint density at radius 1 is 1.32 bits per heavy atom. The first-order valence-corrected chi connectivity index (χ1v) is 7.68. The van der Waals surface area contributed by atoms with E-state index in [1.807, 2.05) is 13.2 Å². The lowest BCUT2D eigenvalue weighted by molar-refractivity contribution is -0.137. The summed E-state index contributed by atoms with van der Waals surface area (Å²) in [4.78, 5) is 27.8. The topological polar surface area (TPSA) is 58.4 Å². The predicted molar refractivity (Wildman–Crippen MR) is 76.9 cm³/mol. The van der Waals surface area contributed by atoms with Crippen molar-refractivity contribution in [1.29, 1.82) is 0 Å². The van der Waals surface area contributed by atoms with Gasteiger partial charge in [0.2, 0.25) is 5.91 Å². The van der Waals surface area contributed by atoms with E-state index < -0.39 is 5.67 Å². The van der Waals surface area contributed by atoms with Crippen LogP contribution in [0.25, 0.3) is 0 Å². The number of carbonyl (C=O) groups excluding carboxylic acids is 2. The molecule has 1 aliphatic carbocycles. The van der Waals surface area contributed by atoms with Gasteiger partial charge in [0, 0.05) is 44.7 Å². The smallest absolute Gasteiger partial charge is 0.260 e. The number of aryl methyl sites for hydroxylation is 1. The summed E-state index contributed by atoms with van der Waals surface area (Å²) in [5.41, 5.74) is -1.05. The highest BCUT2D eigenvalue weighted by molar-refractivity contribution is 5.96. The number of likely N-dealkylation sites (tertiary alicyclic amines) is 1. The van der Waals surface area contributed by atoms with Gasteiger partial charge in [-0.3, -0.25) is 14.3 Å². The van der Waals surface area contributed by atoms with E-state index in [-0.39, 0.29) is 17.2 Å². The third-order valence-corrected chi connectivity index (χ3v) is 5.12. The number of alkyl halides is 1. The lowest BCUT2D eigenvalue weighted by Gasteiger charge is -2.24. The summed E-state index contributed by atoms with van der Waals surface area (Å²) < 4.78 is 15.6. The maximum Gasteiger partial charge on any atom is 0.260 e. The van der Waals surface area contributed by atoms with Crippen LogP contribution in [0, 0.1) is 5.41 Å². The summed E-state index contributed by atoms with van der Waals surface area (Å²) in [7, 11) is 1.81. The van der Waals surface area contributed by atoms with E-state index in [0.717, 1.165) is 12.1 Å². The third-order valence-electron chi connectivity index (χ3n) is 5.12. The zero-order chi connectivity index (χ0) is 15.5. The van der Waals surface area contributed by atoms with Gasteiger partial charge in [0.05, 0.1) is 11.9 Å². The summed E-state index contributed by atoms with van der Waals surface area (Å²) in [6, 6.07) is 0. The molecule has 1 spiro atoms. The molecular weight excluding hydrogens is 287 g/mol. The number of halogens is 1. The Labute approximate surface area is 127 Å². The molecule has 2 amide bonds. The van der Waals surface area contributed by atoms with Crippen molar-refractivity contribution in [3.05, 3.63) is 12.4 Å². The van der Waals surface area contributed by atoms with E-state index >= 15 is 0 Å². The fourth-order valence-electron chi connectivity index (χ4n) is 3.67. The van der Waals surface area contributed by atoms with E-state index in [9.17, 15) is 14.0 Å². The maximum atomic E-state index is 14.0. The molecule has 1 atom stereocenters. The number of aromatic nitrogens is 2. The average molecular weight is 306 g/mol. The first-order valence-electron chi connectivity index (χ1n) is 7.68. The van der Waals surface area contributed by atoms with Crippen LogP contribution >= 0.6 is 0 Å². The molecule has 1 unspecified atom stereocenters. The molecule has 7 heteroatoms. The first-order chi connectivity index (χ1) is 10.4. The van der Waals surface area contributed by atoms with Crippen molar-refractivity contribution in [2.45, 2.75) is 31.4 Å². The quantitative estimate of drug-likeness (QED) is 0.815. The van der Waals surface area contributed by atoms with Crippen LogP contribution in [0.15, 0.2) is 12.4 Å². The van der Waals surface area contributed by atoms with Gasteiger partial charge in [-0.15, -0.1) is 0 Å². The standard InChI is InChI=1S/C15H19FN4O2/c1-18-8-11(7-17-18)20-10-14(6-12(20)21)4-5-19(9-14)13(22)15(16)2-3-15/h7-8H,2-6,9-10H2,1H3. The number of amides is 2. The Balaban J connectivity index is 1.50. The first kappa shape index (κ1) is 13.7. The van der Waals surface area contributed by atoms with Crippen molar-refractivity contribution in [1.82, 2.24) is 14.7 Å². The fourth-order valence-corrected chi connectivity index (χ4v) is 3.67. The highest BCUT2D eigenvalue weighted by Crippen LogP contribution is 2.46. The van der Waals surface area contributed by atoms with Gasteiger partial charge in [0.15, 0.2) is 5.67 Å². The number of hydrogen-bond donors (Lipinski definition) is 0. The van der Waals surface area contributed by atoms with Gasteiger partial charge >= 0.3 is 0 Å². The number of nitrogens with zero attached hydrogens (tertiary/aromatic N) is 4. The molecule has 1 aromatic heterocycles. The number of carbonyl (C=O) groups is 2. The molecule has 6 nitrogen and oxygen atoms in total. The predicted octanol–water partition coefficient (Wildman–Crippen LogP) is 0.878. The average Bonchev–Trinajstić information content (AvgIpc) is 2.85. The van der Waals surface area contributed by atoms with Gasteiger partial charge in [-0.05, 0) is 19.3 Å². The largest absolute Gasteiger partial charge is 0.339 e. The molecule has 2 aliphatic heterocycles. The fraction of sp³-hybridized carbons (Fsp3) is 0.667. The summed E-state index contributed by atoms with van der Waals surface area (Å²) in [6.45, 7) is 1.62. The van der Waals surface area contributed by atoms with Crippen molar-refractivity contribution in [3.8, 4) is 0 Å².